The number of rotatable bonds is 5. The summed E-state index contributed by atoms with van der Waals surface area (Å²) in [6.07, 6.45) is 0.606. The quantitative estimate of drug-likeness (QED) is 0.731. The molecule has 1 amide bonds. The molecule has 116 valence electrons. The van der Waals surface area contributed by atoms with E-state index in [4.69, 9.17) is 34.7 Å². The monoisotopic (exact) mass is 337 g/mol. The summed E-state index contributed by atoms with van der Waals surface area (Å²) in [6, 6.07) is 11.9. The fourth-order valence-electron chi connectivity index (χ4n) is 2.14. The Morgan fingerprint density at radius 2 is 1.95 bits per heavy atom. The average molecular weight is 338 g/mol. The van der Waals surface area contributed by atoms with Crippen LogP contribution in [-0.2, 0) is 0 Å². The Balaban J connectivity index is 2.20. The third-order valence-corrected chi connectivity index (χ3v) is 3.85. The molecule has 0 spiro atoms. The highest BCUT2D eigenvalue weighted by atomic mass is 35.5. The fraction of sp³-hybridized carbons (Fsp3) is 0.188. The standard InChI is InChI=1S/C16H17Cl2N3O/c17-12-3-1-2-10(8-12)15(6-7-19)21-16(22)11-4-5-13(18)14(20)9-11/h1-5,8-9,15H,6-7,19-20H2,(H,21,22). The molecule has 0 saturated carbocycles. The van der Waals surface area contributed by atoms with Crippen molar-refractivity contribution in [1.82, 2.24) is 5.32 Å². The van der Waals surface area contributed by atoms with Gasteiger partial charge in [-0.15, -0.1) is 0 Å². The lowest BCUT2D eigenvalue weighted by Gasteiger charge is -2.19. The van der Waals surface area contributed by atoms with Crippen molar-refractivity contribution in [2.75, 3.05) is 12.3 Å². The molecule has 5 N–H and O–H groups in total. The zero-order valence-corrected chi connectivity index (χ0v) is 13.4. The molecule has 2 rings (SSSR count). The number of halogens is 2. The third-order valence-electron chi connectivity index (χ3n) is 3.27. The van der Waals surface area contributed by atoms with E-state index in [0.29, 0.717) is 34.3 Å². The first-order valence-corrected chi connectivity index (χ1v) is 7.58. The third kappa shape index (κ3) is 4.13. The van der Waals surface area contributed by atoms with Crippen LogP contribution in [0.5, 0.6) is 0 Å². The normalized spacial score (nSPS) is 12.0. The van der Waals surface area contributed by atoms with Gasteiger partial charge in [0.05, 0.1) is 16.8 Å². The van der Waals surface area contributed by atoms with Crippen LogP contribution in [0, 0.1) is 0 Å². The topological polar surface area (TPSA) is 81.1 Å². The Morgan fingerprint density at radius 1 is 1.18 bits per heavy atom. The van der Waals surface area contributed by atoms with Crippen molar-refractivity contribution < 1.29 is 4.79 Å². The smallest absolute Gasteiger partial charge is 0.251 e. The molecule has 0 aromatic heterocycles. The number of nitrogens with one attached hydrogen (secondary N) is 1. The van der Waals surface area contributed by atoms with E-state index < -0.39 is 0 Å². The highest BCUT2D eigenvalue weighted by Crippen LogP contribution is 2.22. The first-order chi connectivity index (χ1) is 10.5. The van der Waals surface area contributed by atoms with Crippen molar-refractivity contribution in [3.63, 3.8) is 0 Å². The number of anilines is 1. The van der Waals surface area contributed by atoms with E-state index in [1.165, 1.54) is 0 Å². The highest BCUT2D eigenvalue weighted by Gasteiger charge is 2.16. The number of nitrogens with two attached hydrogens (primary N) is 2. The van der Waals surface area contributed by atoms with Gasteiger partial charge in [0, 0.05) is 10.6 Å². The van der Waals surface area contributed by atoms with Crippen LogP contribution in [0.3, 0.4) is 0 Å². The molecule has 0 aliphatic heterocycles. The number of nitrogen functional groups attached to an aromatic ring is 1. The molecule has 4 nitrogen and oxygen atoms in total. The number of amides is 1. The molecule has 22 heavy (non-hydrogen) atoms. The number of benzene rings is 2. The van der Waals surface area contributed by atoms with Crippen molar-refractivity contribution in [2.24, 2.45) is 5.73 Å². The van der Waals surface area contributed by atoms with E-state index in [0.717, 1.165) is 5.56 Å². The number of carbonyl (C=O) groups excluding carboxylic acids is 1. The Hall–Kier alpha value is -1.75. The Labute approximate surface area is 139 Å². The summed E-state index contributed by atoms with van der Waals surface area (Å²) in [5.41, 5.74) is 13.1. The lowest BCUT2D eigenvalue weighted by molar-refractivity contribution is 0.0935. The summed E-state index contributed by atoms with van der Waals surface area (Å²) >= 11 is 11.9. The number of carbonyl (C=O) groups is 1. The van der Waals surface area contributed by atoms with E-state index in [1.54, 1.807) is 24.3 Å². The lowest BCUT2D eigenvalue weighted by Crippen LogP contribution is -2.30. The van der Waals surface area contributed by atoms with Gasteiger partial charge in [-0.1, -0.05) is 35.3 Å². The SMILES string of the molecule is NCCC(NC(=O)c1ccc(Cl)c(N)c1)c1cccc(Cl)c1. The van der Waals surface area contributed by atoms with Gasteiger partial charge in [0.1, 0.15) is 0 Å². The predicted octanol–water partition coefficient (Wildman–Crippen LogP) is 3.40. The van der Waals surface area contributed by atoms with E-state index in [1.807, 2.05) is 18.2 Å². The van der Waals surface area contributed by atoms with Crippen LogP contribution >= 0.6 is 23.2 Å². The maximum Gasteiger partial charge on any atom is 0.251 e. The van der Waals surface area contributed by atoms with Crippen LogP contribution in [0.1, 0.15) is 28.4 Å². The summed E-state index contributed by atoms with van der Waals surface area (Å²) in [7, 11) is 0. The van der Waals surface area contributed by atoms with Crippen molar-refractivity contribution in [3.05, 3.63) is 63.6 Å². The minimum atomic E-state index is -0.234. The van der Waals surface area contributed by atoms with Crippen LogP contribution in [0.4, 0.5) is 5.69 Å². The van der Waals surface area contributed by atoms with E-state index in [9.17, 15) is 4.79 Å². The lowest BCUT2D eigenvalue weighted by atomic mass is 10.0. The zero-order chi connectivity index (χ0) is 16.1. The molecular formula is C16H17Cl2N3O. The van der Waals surface area contributed by atoms with Gasteiger partial charge < -0.3 is 16.8 Å². The second-order valence-electron chi connectivity index (χ2n) is 4.89. The van der Waals surface area contributed by atoms with Gasteiger partial charge in [-0.2, -0.15) is 0 Å². The van der Waals surface area contributed by atoms with Gasteiger partial charge in [-0.05, 0) is 48.9 Å². The first-order valence-electron chi connectivity index (χ1n) is 6.82. The summed E-state index contributed by atoms with van der Waals surface area (Å²) < 4.78 is 0. The molecule has 0 aliphatic rings. The molecule has 6 heteroatoms. The largest absolute Gasteiger partial charge is 0.398 e. The molecule has 0 fully saturated rings. The highest BCUT2D eigenvalue weighted by molar-refractivity contribution is 6.33. The molecule has 0 saturated heterocycles. The van der Waals surface area contributed by atoms with E-state index in [2.05, 4.69) is 5.32 Å². The van der Waals surface area contributed by atoms with Crippen LogP contribution in [0.25, 0.3) is 0 Å². The molecule has 2 aromatic rings. The van der Waals surface area contributed by atoms with E-state index >= 15 is 0 Å². The molecule has 0 bridgehead atoms. The summed E-state index contributed by atoms with van der Waals surface area (Å²) in [4.78, 5) is 12.4. The summed E-state index contributed by atoms with van der Waals surface area (Å²) in [6.45, 7) is 0.445. The Kier molecular flexibility index (Phi) is 5.66. The second-order valence-corrected chi connectivity index (χ2v) is 5.74. The van der Waals surface area contributed by atoms with Gasteiger partial charge in [-0.3, -0.25) is 4.79 Å². The van der Waals surface area contributed by atoms with Gasteiger partial charge in [0.15, 0.2) is 0 Å². The second kappa shape index (κ2) is 7.49. The van der Waals surface area contributed by atoms with Crippen LogP contribution in [0.2, 0.25) is 10.0 Å². The number of hydrogen-bond donors (Lipinski definition) is 3. The Bertz CT molecular complexity index is 676. The maximum atomic E-state index is 12.4. The van der Waals surface area contributed by atoms with E-state index in [-0.39, 0.29) is 11.9 Å². The van der Waals surface area contributed by atoms with Crippen LogP contribution in [0.15, 0.2) is 42.5 Å². The van der Waals surface area contributed by atoms with Crippen molar-refractivity contribution >= 4 is 34.8 Å². The first kappa shape index (κ1) is 16.6. The number of hydrogen-bond acceptors (Lipinski definition) is 3. The zero-order valence-electron chi connectivity index (χ0n) is 11.9. The van der Waals surface area contributed by atoms with Crippen LogP contribution in [-0.4, -0.2) is 12.5 Å². The molecule has 1 atom stereocenters. The van der Waals surface area contributed by atoms with Crippen molar-refractivity contribution in [2.45, 2.75) is 12.5 Å². The summed E-state index contributed by atoms with van der Waals surface area (Å²) in [5, 5.41) is 3.98. The molecule has 0 radical (unpaired) electrons. The Morgan fingerprint density at radius 3 is 2.59 bits per heavy atom. The summed E-state index contributed by atoms with van der Waals surface area (Å²) in [5.74, 6) is -0.234. The minimum Gasteiger partial charge on any atom is -0.398 e. The predicted molar refractivity (Wildman–Crippen MR) is 91.2 cm³/mol. The average Bonchev–Trinajstić information content (AvgIpc) is 2.49. The van der Waals surface area contributed by atoms with Crippen LogP contribution < -0.4 is 16.8 Å². The molecule has 1 unspecified atom stereocenters. The van der Waals surface area contributed by atoms with Gasteiger partial charge in [-0.25, -0.2) is 0 Å². The maximum absolute atomic E-state index is 12.4. The van der Waals surface area contributed by atoms with Crippen molar-refractivity contribution in [3.8, 4) is 0 Å². The van der Waals surface area contributed by atoms with Crippen molar-refractivity contribution in [1.29, 1.82) is 0 Å². The molecule has 2 aromatic carbocycles. The van der Waals surface area contributed by atoms with Gasteiger partial charge >= 0.3 is 0 Å². The molecular weight excluding hydrogens is 321 g/mol. The van der Waals surface area contributed by atoms with Gasteiger partial charge in [0.2, 0.25) is 0 Å². The van der Waals surface area contributed by atoms with Gasteiger partial charge in [0.25, 0.3) is 5.91 Å². The fourth-order valence-corrected chi connectivity index (χ4v) is 2.46. The molecule has 0 aliphatic carbocycles. The minimum absolute atomic E-state index is 0.215. The molecule has 0 heterocycles.